The summed E-state index contributed by atoms with van der Waals surface area (Å²) in [6.07, 6.45) is 4.13. The summed E-state index contributed by atoms with van der Waals surface area (Å²) in [6.45, 7) is 4.35. The summed E-state index contributed by atoms with van der Waals surface area (Å²) < 4.78 is 5.41. The van der Waals surface area contributed by atoms with Crippen molar-refractivity contribution in [2.75, 3.05) is 26.8 Å². The van der Waals surface area contributed by atoms with Gasteiger partial charge in [0.2, 0.25) is 0 Å². The summed E-state index contributed by atoms with van der Waals surface area (Å²) in [7, 11) is 2.16. The predicted molar refractivity (Wildman–Crippen MR) is 72.4 cm³/mol. The van der Waals surface area contributed by atoms with Gasteiger partial charge in [-0.2, -0.15) is 0 Å². The average molecular weight is 249 g/mol. The zero-order valence-electron chi connectivity index (χ0n) is 11.3. The fourth-order valence-corrected chi connectivity index (χ4v) is 2.56. The highest BCUT2D eigenvalue weighted by molar-refractivity contribution is 5.18. The standard InChI is InChI=1S/C14H23N3O/c1-11-3-4-12(10-16-11)14(9-15)17(2)13-5-7-18-8-6-13/h3-4,10,13-14H,5-9,15H2,1-2H3. The van der Waals surface area contributed by atoms with Gasteiger partial charge in [0.1, 0.15) is 0 Å². The van der Waals surface area contributed by atoms with Gasteiger partial charge in [-0.3, -0.25) is 9.88 Å². The van der Waals surface area contributed by atoms with E-state index in [0.717, 1.165) is 31.7 Å². The first kappa shape index (κ1) is 13.5. The Morgan fingerprint density at radius 1 is 1.44 bits per heavy atom. The summed E-state index contributed by atoms with van der Waals surface area (Å²) in [6, 6.07) is 5.00. The van der Waals surface area contributed by atoms with Gasteiger partial charge in [-0.1, -0.05) is 6.07 Å². The van der Waals surface area contributed by atoms with Crippen molar-refractivity contribution in [1.82, 2.24) is 9.88 Å². The van der Waals surface area contributed by atoms with Crippen LogP contribution in [0.3, 0.4) is 0 Å². The summed E-state index contributed by atoms with van der Waals surface area (Å²) >= 11 is 0. The van der Waals surface area contributed by atoms with Crippen molar-refractivity contribution >= 4 is 0 Å². The number of ether oxygens (including phenoxy) is 1. The number of nitrogens with zero attached hydrogens (tertiary/aromatic N) is 2. The lowest BCUT2D eigenvalue weighted by Gasteiger charge is -2.36. The maximum atomic E-state index is 5.95. The van der Waals surface area contributed by atoms with Crippen LogP contribution in [0.15, 0.2) is 18.3 Å². The number of pyridine rings is 1. The van der Waals surface area contributed by atoms with Crippen molar-refractivity contribution in [1.29, 1.82) is 0 Å². The minimum absolute atomic E-state index is 0.251. The molecule has 0 aromatic carbocycles. The van der Waals surface area contributed by atoms with Gasteiger partial charge < -0.3 is 10.5 Å². The van der Waals surface area contributed by atoms with E-state index < -0.39 is 0 Å². The van der Waals surface area contributed by atoms with Crippen molar-refractivity contribution < 1.29 is 4.74 Å². The molecule has 0 radical (unpaired) electrons. The zero-order valence-corrected chi connectivity index (χ0v) is 11.3. The maximum Gasteiger partial charge on any atom is 0.0485 e. The first-order chi connectivity index (χ1) is 8.72. The fourth-order valence-electron chi connectivity index (χ4n) is 2.56. The van der Waals surface area contributed by atoms with Crippen LogP contribution in [0.1, 0.15) is 30.1 Å². The van der Waals surface area contributed by atoms with Crippen molar-refractivity contribution in [3.05, 3.63) is 29.6 Å². The zero-order chi connectivity index (χ0) is 13.0. The Labute approximate surface area is 109 Å². The average Bonchev–Trinajstić information content (AvgIpc) is 2.42. The van der Waals surface area contributed by atoms with Gasteiger partial charge in [-0.15, -0.1) is 0 Å². The second-order valence-corrected chi connectivity index (χ2v) is 4.99. The molecule has 2 heterocycles. The van der Waals surface area contributed by atoms with Crippen LogP contribution in [0, 0.1) is 6.92 Å². The Morgan fingerprint density at radius 3 is 2.72 bits per heavy atom. The van der Waals surface area contributed by atoms with E-state index in [-0.39, 0.29) is 6.04 Å². The number of rotatable bonds is 4. The lowest BCUT2D eigenvalue weighted by molar-refractivity contribution is 0.0293. The van der Waals surface area contributed by atoms with Gasteiger partial charge in [0.05, 0.1) is 0 Å². The minimum Gasteiger partial charge on any atom is -0.381 e. The van der Waals surface area contributed by atoms with E-state index in [9.17, 15) is 0 Å². The first-order valence-electron chi connectivity index (χ1n) is 6.64. The van der Waals surface area contributed by atoms with Crippen LogP contribution in [0.4, 0.5) is 0 Å². The highest BCUT2D eigenvalue weighted by Gasteiger charge is 2.25. The normalized spacial score (nSPS) is 19.1. The van der Waals surface area contributed by atoms with E-state index in [4.69, 9.17) is 10.5 Å². The molecular weight excluding hydrogens is 226 g/mol. The number of nitrogens with two attached hydrogens (primary N) is 1. The monoisotopic (exact) mass is 249 g/mol. The number of hydrogen-bond donors (Lipinski definition) is 1. The third kappa shape index (κ3) is 3.07. The minimum atomic E-state index is 0.251. The largest absolute Gasteiger partial charge is 0.381 e. The van der Waals surface area contributed by atoms with E-state index in [1.54, 1.807) is 0 Å². The first-order valence-corrected chi connectivity index (χ1v) is 6.64. The Hall–Kier alpha value is -0.970. The fraction of sp³-hybridized carbons (Fsp3) is 0.643. The smallest absolute Gasteiger partial charge is 0.0485 e. The van der Waals surface area contributed by atoms with E-state index in [1.807, 2.05) is 13.1 Å². The molecule has 1 aliphatic rings. The Bertz CT molecular complexity index is 360. The Morgan fingerprint density at radius 2 is 2.17 bits per heavy atom. The molecular formula is C14H23N3O. The molecule has 2 N–H and O–H groups in total. The SMILES string of the molecule is Cc1ccc(C(CN)N(C)C2CCOCC2)cn1. The van der Waals surface area contributed by atoms with Crippen molar-refractivity contribution in [2.24, 2.45) is 5.73 Å². The van der Waals surface area contributed by atoms with Crippen LogP contribution < -0.4 is 5.73 Å². The van der Waals surface area contributed by atoms with Crippen molar-refractivity contribution in [3.8, 4) is 0 Å². The van der Waals surface area contributed by atoms with Gasteiger partial charge in [-0.05, 0) is 38.4 Å². The van der Waals surface area contributed by atoms with E-state index >= 15 is 0 Å². The summed E-state index contributed by atoms with van der Waals surface area (Å²) in [5, 5.41) is 0. The molecule has 2 rings (SSSR count). The summed E-state index contributed by atoms with van der Waals surface area (Å²) in [5.74, 6) is 0. The van der Waals surface area contributed by atoms with Crippen molar-refractivity contribution in [2.45, 2.75) is 31.8 Å². The number of likely N-dealkylation sites (N-methyl/N-ethyl adjacent to an activating group) is 1. The molecule has 1 aromatic heterocycles. The van der Waals surface area contributed by atoms with E-state index in [2.05, 4.69) is 29.1 Å². The molecule has 18 heavy (non-hydrogen) atoms. The molecule has 0 saturated carbocycles. The second-order valence-electron chi connectivity index (χ2n) is 4.99. The number of aryl methyl sites for hydroxylation is 1. The molecule has 4 nitrogen and oxygen atoms in total. The highest BCUT2D eigenvalue weighted by Crippen LogP contribution is 2.24. The van der Waals surface area contributed by atoms with Crippen LogP contribution in [0.5, 0.6) is 0 Å². The third-order valence-electron chi connectivity index (χ3n) is 3.80. The van der Waals surface area contributed by atoms with Crippen LogP contribution in [-0.4, -0.2) is 42.7 Å². The molecule has 4 heteroatoms. The van der Waals surface area contributed by atoms with Gasteiger partial charge in [0.25, 0.3) is 0 Å². The Balaban J connectivity index is 2.09. The predicted octanol–water partition coefficient (Wildman–Crippen LogP) is 1.50. The highest BCUT2D eigenvalue weighted by atomic mass is 16.5. The summed E-state index contributed by atoms with van der Waals surface area (Å²) in [5.41, 5.74) is 8.20. The molecule has 1 aromatic rings. The quantitative estimate of drug-likeness (QED) is 0.878. The topological polar surface area (TPSA) is 51.4 Å². The van der Waals surface area contributed by atoms with E-state index in [0.29, 0.717) is 12.6 Å². The molecule has 1 fully saturated rings. The number of aromatic nitrogens is 1. The lowest BCUT2D eigenvalue weighted by Crippen LogP contribution is -2.41. The van der Waals surface area contributed by atoms with Crippen LogP contribution in [-0.2, 0) is 4.74 Å². The molecule has 100 valence electrons. The molecule has 0 spiro atoms. The molecule has 0 amide bonds. The van der Waals surface area contributed by atoms with Gasteiger partial charge in [-0.25, -0.2) is 0 Å². The Kier molecular flexibility index (Phi) is 4.69. The summed E-state index contributed by atoms with van der Waals surface area (Å²) in [4.78, 5) is 6.75. The molecule has 1 aliphatic heterocycles. The second kappa shape index (κ2) is 6.27. The van der Waals surface area contributed by atoms with Gasteiger partial charge in [0.15, 0.2) is 0 Å². The maximum absolute atomic E-state index is 5.95. The molecule has 0 bridgehead atoms. The van der Waals surface area contributed by atoms with Gasteiger partial charge >= 0.3 is 0 Å². The molecule has 1 unspecified atom stereocenters. The molecule has 0 aliphatic carbocycles. The van der Waals surface area contributed by atoms with Crippen molar-refractivity contribution in [3.63, 3.8) is 0 Å². The van der Waals surface area contributed by atoms with Crippen LogP contribution in [0.25, 0.3) is 0 Å². The molecule has 1 atom stereocenters. The van der Waals surface area contributed by atoms with Crippen LogP contribution >= 0.6 is 0 Å². The van der Waals surface area contributed by atoms with Gasteiger partial charge in [0, 0.05) is 43.7 Å². The molecule has 1 saturated heterocycles. The van der Waals surface area contributed by atoms with E-state index in [1.165, 1.54) is 5.56 Å². The third-order valence-corrected chi connectivity index (χ3v) is 3.80. The van der Waals surface area contributed by atoms with Crippen LogP contribution in [0.2, 0.25) is 0 Å². The number of hydrogen-bond acceptors (Lipinski definition) is 4. The lowest BCUT2D eigenvalue weighted by atomic mass is 10.0.